The molecule has 1 N–H and O–H groups in total. The third kappa shape index (κ3) is 6.39. The van der Waals surface area contributed by atoms with E-state index >= 15 is 0 Å². The van der Waals surface area contributed by atoms with Crippen LogP contribution in [0.1, 0.15) is 47.0 Å². The van der Waals surface area contributed by atoms with Crippen LogP contribution in [0.5, 0.6) is 0 Å². The molecule has 0 saturated carbocycles. The predicted molar refractivity (Wildman–Crippen MR) is 73.5 cm³/mol. The number of likely N-dealkylation sites (N-methyl/N-ethyl adjacent to an activating group) is 1. The van der Waals surface area contributed by atoms with Crippen LogP contribution in [0.25, 0.3) is 0 Å². The third-order valence-corrected chi connectivity index (χ3v) is 3.29. The zero-order chi connectivity index (χ0) is 12.7. The van der Waals surface area contributed by atoms with E-state index in [0.717, 1.165) is 26.2 Å². The molecule has 0 aliphatic carbocycles. The number of hydrogen-bond acceptors (Lipinski definition) is 3. The van der Waals surface area contributed by atoms with Crippen molar-refractivity contribution < 1.29 is 4.74 Å². The van der Waals surface area contributed by atoms with Crippen molar-refractivity contribution in [3.8, 4) is 0 Å². The Hall–Kier alpha value is -0.120. The molecule has 3 nitrogen and oxygen atoms in total. The highest BCUT2D eigenvalue weighted by Crippen LogP contribution is 2.16. The molecule has 1 aliphatic rings. The summed E-state index contributed by atoms with van der Waals surface area (Å²) in [6.45, 7) is 13.9. The first kappa shape index (κ1) is 14.9. The van der Waals surface area contributed by atoms with Gasteiger partial charge in [0.15, 0.2) is 0 Å². The molecule has 0 aromatic heterocycles. The Kier molecular flexibility index (Phi) is 6.45. The summed E-state index contributed by atoms with van der Waals surface area (Å²) >= 11 is 0. The maximum atomic E-state index is 5.82. The van der Waals surface area contributed by atoms with Crippen molar-refractivity contribution in [2.45, 2.75) is 58.6 Å². The molecule has 0 spiro atoms. The van der Waals surface area contributed by atoms with Crippen molar-refractivity contribution in [2.75, 3.05) is 32.8 Å². The van der Waals surface area contributed by atoms with E-state index in [0.29, 0.717) is 6.04 Å². The quantitative estimate of drug-likeness (QED) is 0.773. The predicted octanol–water partition coefficient (Wildman–Crippen LogP) is 2.27. The number of nitrogens with zero attached hydrogens (tertiary/aromatic N) is 1. The lowest BCUT2D eigenvalue weighted by Gasteiger charge is -2.36. The van der Waals surface area contributed by atoms with Gasteiger partial charge in [-0.2, -0.15) is 0 Å². The lowest BCUT2D eigenvalue weighted by atomic mass is 10.0. The summed E-state index contributed by atoms with van der Waals surface area (Å²) in [5.74, 6) is 0. The maximum Gasteiger partial charge on any atom is 0.0600 e. The molecule has 1 unspecified atom stereocenters. The number of nitrogens with one attached hydrogen (secondary N) is 1. The van der Waals surface area contributed by atoms with Gasteiger partial charge in [-0.25, -0.2) is 0 Å². The summed E-state index contributed by atoms with van der Waals surface area (Å²) in [5.41, 5.74) is -0.00699. The summed E-state index contributed by atoms with van der Waals surface area (Å²) in [6, 6.07) is 0.715. The Morgan fingerprint density at radius 3 is 2.71 bits per heavy atom. The Bertz CT molecular complexity index is 201. The molecular weight excluding hydrogens is 212 g/mol. The fraction of sp³-hybridized carbons (Fsp3) is 1.00. The van der Waals surface area contributed by atoms with E-state index in [4.69, 9.17) is 4.74 Å². The maximum absolute atomic E-state index is 5.82. The lowest BCUT2D eigenvalue weighted by molar-refractivity contribution is -0.0208. The van der Waals surface area contributed by atoms with Gasteiger partial charge in [0.1, 0.15) is 0 Å². The van der Waals surface area contributed by atoms with Crippen LogP contribution < -0.4 is 5.32 Å². The van der Waals surface area contributed by atoms with Gasteiger partial charge in [-0.15, -0.1) is 0 Å². The fourth-order valence-corrected chi connectivity index (χ4v) is 2.37. The number of piperidine rings is 1. The molecule has 0 radical (unpaired) electrons. The van der Waals surface area contributed by atoms with Crippen LogP contribution >= 0.6 is 0 Å². The van der Waals surface area contributed by atoms with Crippen LogP contribution in [-0.4, -0.2) is 49.3 Å². The van der Waals surface area contributed by atoms with Crippen molar-refractivity contribution in [1.82, 2.24) is 10.2 Å². The SMILES string of the molecule is CCNCC1CCCCN1CCOC(C)(C)C. The molecule has 17 heavy (non-hydrogen) atoms. The standard InChI is InChI=1S/C14H30N2O/c1-5-15-12-13-8-6-7-9-16(13)10-11-17-14(2,3)4/h13,15H,5-12H2,1-4H3. The van der Waals surface area contributed by atoms with Gasteiger partial charge in [0.25, 0.3) is 0 Å². The lowest BCUT2D eigenvalue weighted by Crippen LogP contribution is -2.47. The molecule has 0 amide bonds. The van der Waals surface area contributed by atoms with Crippen LogP contribution in [0.2, 0.25) is 0 Å². The minimum Gasteiger partial charge on any atom is -0.375 e. The molecule has 1 aliphatic heterocycles. The van der Waals surface area contributed by atoms with Crippen molar-refractivity contribution >= 4 is 0 Å². The van der Waals surface area contributed by atoms with Crippen LogP contribution in [0, 0.1) is 0 Å². The Morgan fingerprint density at radius 2 is 2.06 bits per heavy atom. The van der Waals surface area contributed by atoms with E-state index in [1.165, 1.54) is 25.8 Å². The first-order valence-electron chi connectivity index (χ1n) is 7.11. The van der Waals surface area contributed by atoms with Gasteiger partial charge in [-0.1, -0.05) is 13.3 Å². The summed E-state index contributed by atoms with van der Waals surface area (Å²) < 4.78 is 5.82. The molecule has 1 saturated heterocycles. The van der Waals surface area contributed by atoms with Crippen LogP contribution in [0.4, 0.5) is 0 Å². The average molecular weight is 242 g/mol. The van der Waals surface area contributed by atoms with Gasteiger partial charge in [-0.05, 0) is 46.7 Å². The minimum atomic E-state index is -0.00699. The zero-order valence-electron chi connectivity index (χ0n) is 12.1. The van der Waals surface area contributed by atoms with E-state index in [2.05, 4.69) is 37.9 Å². The average Bonchev–Trinajstić information content (AvgIpc) is 2.26. The highest BCUT2D eigenvalue weighted by Gasteiger charge is 2.22. The van der Waals surface area contributed by atoms with E-state index in [1.807, 2.05) is 0 Å². The van der Waals surface area contributed by atoms with E-state index in [1.54, 1.807) is 0 Å². The molecule has 0 bridgehead atoms. The van der Waals surface area contributed by atoms with Crippen molar-refractivity contribution in [2.24, 2.45) is 0 Å². The highest BCUT2D eigenvalue weighted by atomic mass is 16.5. The third-order valence-electron chi connectivity index (χ3n) is 3.29. The number of ether oxygens (including phenoxy) is 1. The molecule has 1 rings (SSSR count). The summed E-state index contributed by atoms with van der Waals surface area (Å²) in [7, 11) is 0. The summed E-state index contributed by atoms with van der Waals surface area (Å²) in [6.07, 6.45) is 4.06. The molecule has 3 heteroatoms. The van der Waals surface area contributed by atoms with Gasteiger partial charge in [0, 0.05) is 19.1 Å². The second-order valence-corrected chi connectivity index (χ2v) is 5.95. The Labute approximate surface area is 107 Å². The molecule has 0 aromatic rings. The molecular formula is C14H30N2O. The topological polar surface area (TPSA) is 24.5 Å². The largest absolute Gasteiger partial charge is 0.375 e. The monoisotopic (exact) mass is 242 g/mol. The molecule has 0 aromatic carbocycles. The van der Waals surface area contributed by atoms with Crippen LogP contribution in [0.15, 0.2) is 0 Å². The smallest absolute Gasteiger partial charge is 0.0600 e. The first-order chi connectivity index (χ1) is 8.03. The summed E-state index contributed by atoms with van der Waals surface area (Å²) in [4.78, 5) is 2.60. The van der Waals surface area contributed by atoms with Gasteiger partial charge < -0.3 is 10.1 Å². The van der Waals surface area contributed by atoms with Crippen molar-refractivity contribution in [3.05, 3.63) is 0 Å². The molecule has 102 valence electrons. The van der Waals surface area contributed by atoms with Crippen molar-refractivity contribution in [1.29, 1.82) is 0 Å². The molecule has 1 atom stereocenters. The minimum absolute atomic E-state index is 0.00699. The Balaban J connectivity index is 2.27. The van der Waals surface area contributed by atoms with E-state index in [9.17, 15) is 0 Å². The summed E-state index contributed by atoms with van der Waals surface area (Å²) in [5, 5.41) is 3.47. The van der Waals surface area contributed by atoms with E-state index < -0.39 is 0 Å². The Morgan fingerprint density at radius 1 is 1.29 bits per heavy atom. The second kappa shape index (κ2) is 7.34. The van der Waals surface area contributed by atoms with Crippen LogP contribution in [0.3, 0.4) is 0 Å². The molecule has 1 fully saturated rings. The number of likely N-dealkylation sites (tertiary alicyclic amines) is 1. The van der Waals surface area contributed by atoms with Crippen molar-refractivity contribution in [3.63, 3.8) is 0 Å². The first-order valence-corrected chi connectivity index (χ1v) is 7.11. The van der Waals surface area contributed by atoms with Gasteiger partial charge in [0.05, 0.1) is 12.2 Å². The molecule has 1 heterocycles. The number of hydrogen-bond donors (Lipinski definition) is 1. The second-order valence-electron chi connectivity index (χ2n) is 5.95. The van der Waals surface area contributed by atoms with Gasteiger partial charge in [-0.3, -0.25) is 4.90 Å². The zero-order valence-corrected chi connectivity index (χ0v) is 12.1. The van der Waals surface area contributed by atoms with E-state index in [-0.39, 0.29) is 5.60 Å². The van der Waals surface area contributed by atoms with Crippen LogP contribution in [-0.2, 0) is 4.74 Å². The van der Waals surface area contributed by atoms with Gasteiger partial charge >= 0.3 is 0 Å². The number of rotatable bonds is 6. The fourth-order valence-electron chi connectivity index (χ4n) is 2.37. The highest BCUT2D eigenvalue weighted by molar-refractivity contribution is 4.78. The normalized spacial score (nSPS) is 22.9. The van der Waals surface area contributed by atoms with Gasteiger partial charge in [0.2, 0.25) is 0 Å².